The molecule has 0 aromatic heterocycles. The minimum atomic E-state index is -1.44. The van der Waals surface area contributed by atoms with Gasteiger partial charge in [-0.3, -0.25) is 9.59 Å². The van der Waals surface area contributed by atoms with Crippen molar-refractivity contribution in [3.8, 4) is 0 Å². The molecule has 0 bridgehead atoms. The van der Waals surface area contributed by atoms with Gasteiger partial charge in [-0.15, -0.1) is 6.58 Å². The SMILES string of the molecule is C=CCC1(NC=O)C(=O)N=C(N)N=C1N. The van der Waals surface area contributed by atoms with E-state index in [0.29, 0.717) is 6.41 Å². The fourth-order valence-electron chi connectivity index (χ4n) is 1.26. The Bertz CT molecular complexity index is 361. The summed E-state index contributed by atoms with van der Waals surface area (Å²) in [5.74, 6) is -0.962. The smallest absolute Gasteiger partial charge is 0.282 e. The second-order valence-electron chi connectivity index (χ2n) is 2.93. The molecule has 7 heteroatoms. The fraction of sp³-hybridized carbons (Fsp3) is 0.250. The van der Waals surface area contributed by atoms with Gasteiger partial charge in [-0.25, -0.2) is 0 Å². The lowest BCUT2D eigenvalue weighted by atomic mass is 9.92. The maximum Gasteiger partial charge on any atom is 0.282 e. The van der Waals surface area contributed by atoms with Crippen molar-refractivity contribution in [3.63, 3.8) is 0 Å². The van der Waals surface area contributed by atoms with Crippen LogP contribution < -0.4 is 16.8 Å². The largest absolute Gasteiger partial charge is 0.385 e. The van der Waals surface area contributed by atoms with Crippen molar-refractivity contribution < 1.29 is 9.59 Å². The van der Waals surface area contributed by atoms with Gasteiger partial charge in [0.1, 0.15) is 5.84 Å². The average molecular weight is 209 g/mol. The number of hydrogen-bond acceptors (Lipinski definition) is 5. The molecular weight excluding hydrogens is 198 g/mol. The van der Waals surface area contributed by atoms with E-state index in [1.165, 1.54) is 6.08 Å². The van der Waals surface area contributed by atoms with Crippen LogP contribution in [0.1, 0.15) is 6.42 Å². The molecule has 1 aliphatic heterocycles. The molecule has 7 nitrogen and oxygen atoms in total. The van der Waals surface area contributed by atoms with Crippen molar-refractivity contribution in [1.29, 1.82) is 0 Å². The Balaban J connectivity index is 3.18. The van der Waals surface area contributed by atoms with Gasteiger partial charge in [0.05, 0.1) is 0 Å². The van der Waals surface area contributed by atoms with E-state index in [4.69, 9.17) is 11.5 Å². The van der Waals surface area contributed by atoms with E-state index >= 15 is 0 Å². The number of nitrogens with zero attached hydrogens (tertiary/aromatic N) is 2. The third-order valence-corrected chi connectivity index (χ3v) is 2.01. The number of hydrogen-bond donors (Lipinski definition) is 3. The van der Waals surface area contributed by atoms with Crippen LogP contribution in [0.4, 0.5) is 0 Å². The standard InChI is InChI=1S/C8H11N5O2/c1-2-3-8(11-4-14)5(9)12-7(10)13-6(8)15/h2,4H,1,3H2,(H,11,14)(H4,9,10,12,13,15). The first-order valence-corrected chi connectivity index (χ1v) is 4.12. The van der Waals surface area contributed by atoms with Crippen LogP contribution >= 0.6 is 0 Å². The Hall–Kier alpha value is -2.18. The Morgan fingerprint density at radius 1 is 1.47 bits per heavy atom. The minimum Gasteiger partial charge on any atom is -0.385 e. The Morgan fingerprint density at radius 3 is 2.60 bits per heavy atom. The van der Waals surface area contributed by atoms with Crippen LogP contribution in [-0.4, -0.2) is 29.7 Å². The fourth-order valence-corrected chi connectivity index (χ4v) is 1.26. The van der Waals surface area contributed by atoms with E-state index in [0.717, 1.165) is 0 Å². The van der Waals surface area contributed by atoms with E-state index < -0.39 is 11.4 Å². The summed E-state index contributed by atoms with van der Waals surface area (Å²) in [5, 5.41) is 2.30. The average Bonchev–Trinajstić information content (AvgIpc) is 2.14. The zero-order valence-electron chi connectivity index (χ0n) is 7.93. The highest BCUT2D eigenvalue weighted by Crippen LogP contribution is 2.16. The molecule has 15 heavy (non-hydrogen) atoms. The van der Waals surface area contributed by atoms with Crippen molar-refractivity contribution in [1.82, 2.24) is 5.32 Å². The number of nitrogens with two attached hydrogens (primary N) is 2. The number of amides is 2. The molecule has 5 N–H and O–H groups in total. The van der Waals surface area contributed by atoms with Crippen molar-refractivity contribution in [2.45, 2.75) is 12.0 Å². The summed E-state index contributed by atoms with van der Waals surface area (Å²) in [6.07, 6.45) is 1.91. The lowest BCUT2D eigenvalue weighted by Gasteiger charge is -2.29. The number of amidine groups is 1. The molecule has 0 spiro atoms. The van der Waals surface area contributed by atoms with Gasteiger partial charge in [0.15, 0.2) is 5.54 Å². The van der Waals surface area contributed by atoms with Crippen molar-refractivity contribution >= 4 is 24.1 Å². The lowest BCUT2D eigenvalue weighted by Crippen LogP contribution is -2.62. The molecule has 1 unspecified atom stereocenters. The summed E-state index contributed by atoms with van der Waals surface area (Å²) >= 11 is 0. The Kier molecular flexibility index (Phi) is 2.84. The molecule has 2 amide bonds. The number of carbonyl (C=O) groups is 2. The van der Waals surface area contributed by atoms with Crippen molar-refractivity contribution in [2.75, 3.05) is 0 Å². The first kappa shape index (κ1) is 10.9. The van der Waals surface area contributed by atoms with E-state index in [1.807, 2.05) is 0 Å². The monoisotopic (exact) mass is 209 g/mol. The number of carbonyl (C=O) groups excluding carboxylic acids is 2. The zero-order chi connectivity index (χ0) is 11.5. The van der Waals surface area contributed by atoms with Gasteiger partial charge in [-0.2, -0.15) is 9.98 Å². The molecule has 1 aliphatic rings. The molecule has 0 saturated carbocycles. The summed E-state index contributed by atoms with van der Waals surface area (Å²) < 4.78 is 0. The molecule has 0 aromatic carbocycles. The number of guanidine groups is 1. The highest BCUT2D eigenvalue weighted by atomic mass is 16.2. The van der Waals surface area contributed by atoms with Crippen molar-refractivity contribution in [2.24, 2.45) is 21.5 Å². The van der Waals surface area contributed by atoms with Gasteiger partial charge >= 0.3 is 0 Å². The summed E-state index contributed by atoms with van der Waals surface area (Å²) in [4.78, 5) is 29.2. The molecule has 1 rings (SSSR count). The van der Waals surface area contributed by atoms with E-state index in [-0.39, 0.29) is 18.2 Å². The molecule has 0 aliphatic carbocycles. The van der Waals surface area contributed by atoms with E-state index in [9.17, 15) is 9.59 Å². The van der Waals surface area contributed by atoms with Crippen LogP contribution in [0, 0.1) is 0 Å². The maximum atomic E-state index is 11.6. The highest BCUT2D eigenvalue weighted by molar-refractivity contribution is 6.21. The molecule has 0 saturated heterocycles. The van der Waals surface area contributed by atoms with Gasteiger partial charge in [0.25, 0.3) is 5.91 Å². The lowest BCUT2D eigenvalue weighted by molar-refractivity contribution is -0.124. The number of rotatable bonds is 4. The van der Waals surface area contributed by atoms with Crippen LogP contribution in [0.3, 0.4) is 0 Å². The summed E-state index contributed by atoms with van der Waals surface area (Å²) in [6.45, 7) is 3.47. The Morgan fingerprint density at radius 2 is 2.13 bits per heavy atom. The van der Waals surface area contributed by atoms with E-state index in [1.54, 1.807) is 0 Å². The van der Waals surface area contributed by atoms with E-state index in [2.05, 4.69) is 21.9 Å². The van der Waals surface area contributed by atoms with Crippen LogP contribution in [-0.2, 0) is 9.59 Å². The topological polar surface area (TPSA) is 123 Å². The predicted molar refractivity (Wildman–Crippen MR) is 55.0 cm³/mol. The van der Waals surface area contributed by atoms with Crippen LogP contribution in [0.2, 0.25) is 0 Å². The predicted octanol–water partition coefficient (Wildman–Crippen LogP) is -1.74. The second-order valence-corrected chi connectivity index (χ2v) is 2.93. The molecule has 0 radical (unpaired) electrons. The maximum absolute atomic E-state index is 11.6. The van der Waals surface area contributed by atoms with Gasteiger partial charge in [-0.05, 0) is 0 Å². The first-order valence-electron chi connectivity index (χ1n) is 4.12. The summed E-state index contributed by atoms with van der Waals surface area (Å²) in [7, 11) is 0. The van der Waals surface area contributed by atoms with Crippen LogP contribution in [0.25, 0.3) is 0 Å². The minimum absolute atomic E-state index is 0.0907. The third kappa shape index (κ3) is 1.71. The summed E-state index contributed by atoms with van der Waals surface area (Å²) in [5.41, 5.74) is 9.38. The molecule has 1 heterocycles. The van der Waals surface area contributed by atoms with Crippen LogP contribution in [0.15, 0.2) is 22.6 Å². The molecule has 0 fully saturated rings. The number of aliphatic imine (C=N–C) groups is 2. The highest BCUT2D eigenvalue weighted by Gasteiger charge is 2.43. The summed E-state index contributed by atoms with van der Waals surface area (Å²) in [6, 6.07) is 0. The molecule has 80 valence electrons. The van der Waals surface area contributed by atoms with Crippen molar-refractivity contribution in [3.05, 3.63) is 12.7 Å². The quantitative estimate of drug-likeness (QED) is 0.375. The van der Waals surface area contributed by atoms with Gasteiger partial charge in [0, 0.05) is 6.42 Å². The zero-order valence-corrected chi connectivity index (χ0v) is 7.93. The first-order chi connectivity index (χ1) is 7.06. The van der Waals surface area contributed by atoms with Gasteiger partial charge in [-0.1, -0.05) is 6.08 Å². The number of nitrogens with one attached hydrogen (secondary N) is 1. The second kappa shape index (κ2) is 3.91. The van der Waals surface area contributed by atoms with Gasteiger partial charge in [0.2, 0.25) is 12.4 Å². The third-order valence-electron chi connectivity index (χ3n) is 2.01. The molecule has 1 atom stereocenters. The normalized spacial score (nSPS) is 25.2. The van der Waals surface area contributed by atoms with Gasteiger partial charge < -0.3 is 16.8 Å². The van der Waals surface area contributed by atoms with Crippen LogP contribution in [0.5, 0.6) is 0 Å². The Labute approximate surface area is 85.9 Å². The molecular formula is C8H11N5O2. The molecule has 0 aromatic rings.